The van der Waals surface area contributed by atoms with Crippen LogP contribution in [0, 0.1) is 5.92 Å². The molecule has 2 aromatic carbocycles. The number of ether oxygens (including phenoxy) is 3. The van der Waals surface area contributed by atoms with Gasteiger partial charge in [-0.2, -0.15) is 0 Å². The lowest BCUT2D eigenvalue weighted by atomic mass is 10.1. The van der Waals surface area contributed by atoms with Gasteiger partial charge in [-0.25, -0.2) is 4.99 Å². The summed E-state index contributed by atoms with van der Waals surface area (Å²) in [6.45, 7) is 4.31. The van der Waals surface area contributed by atoms with Crippen LogP contribution in [0.3, 0.4) is 0 Å². The Morgan fingerprint density at radius 2 is 1.67 bits per heavy atom. The number of methoxy groups -OCH3 is 3. The zero-order valence-corrected chi connectivity index (χ0v) is 20.4. The monoisotopic (exact) mass is 525 g/mol. The van der Waals surface area contributed by atoms with Crippen LogP contribution < -0.4 is 24.8 Å². The van der Waals surface area contributed by atoms with Gasteiger partial charge in [-0.05, 0) is 48.4 Å². The Hall–Kier alpha value is -2.16. The van der Waals surface area contributed by atoms with Crippen molar-refractivity contribution < 1.29 is 14.2 Å². The van der Waals surface area contributed by atoms with Crippen molar-refractivity contribution in [1.82, 2.24) is 10.6 Å². The topological polar surface area (TPSA) is 64.1 Å². The molecule has 2 N–H and O–H groups in total. The molecular weight excluding hydrogens is 493 g/mol. The average molecular weight is 525 g/mol. The van der Waals surface area contributed by atoms with E-state index in [1.165, 1.54) is 12.0 Å². The van der Waals surface area contributed by atoms with Crippen molar-refractivity contribution in [2.24, 2.45) is 10.9 Å². The van der Waals surface area contributed by atoms with Gasteiger partial charge in [-0.15, -0.1) is 24.0 Å². The number of hydrogen-bond acceptors (Lipinski definition) is 4. The van der Waals surface area contributed by atoms with Crippen molar-refractivity contribution in [3.63, 3.8) is 0 Å². The molecule has 7 heteroatoms. The van der Waals surface area contributed by atoms with Crippen LogP contribution in [0.1, 0.15) is 30.4 Å². The molecule has 0 aromatic heterocycles. The Morgan fingerprint density at radius 3 is 2.23 bits per heavy atom. The van der Waals surface area contributed by atoms with E-state index in [9.17, 15) is 0 Å². The zero-order valence-electron chi connectivity index (χ0n) is 18.1. The van der Waals surface area contributed by atoms with Gasteiger partial charge >= 0.3 is 0 Å². The Kier molecular flexibility index (Phi) is 9.55. The molecule has 2 unspecified atom stereocenters. The summed E-state index contributed by atoms with van der Waals surface area (Å²) < 4.78 is 16.2. The fourth-order valence-electron chi connectivity index (χ4n) is 3.55. The summed E-state index contributed by atoms with van der Waals surface area (Å²) in [6.07, 6.45) is 1.23. The molecule has 1 aliphatic rings. The molecule has 0 heterocycles. The molecule has 3 rings (SSSR count). The molecule has 6 nitrogen and oxygen atoms in total. The standard InChI is InChI=1S/C23H31N3O3.HI/c1-5-24-23(26-15-18-13-19(18)17-9-7-6-8-10-17)25-14-16-11-20(27-2)22(29-4)21(12-16)28-3;/h6-12,18-19H,5,13-15H2,1-4H3,(H2,24,25,26);1H. The van der Waals surface area contributed by atoms with E-state index in [-0.39, 0.29) is 24.0 Å². The maximum absolute atomic E-state index is 5.43. The van der Waals surface area contributed by atoms with Gasteiger partial charge in [0, 0.05) is 13.1 Å². The third kappa shape index (κ3) is 6.17. The second-order valence-electron chi connectivity index (χ2n) is 7.12. The lowest BCUT2D eigenvalue weighted by Gasteiger charge is -2.14. The highest BCUT2D eigenvalue weighted by atomic mass is 127. The Bertz CT molecular complexity index is 805. The summed E-state index contributed by atoms with van der Waals surface area (Å²) in [4.78, 5) is 4.73. The number of nitrogens with zero attached hydrogens (tertiary/aromatic N) is 1. The first-order chi connectivity index (χ1) is 14.2. The molecule has 1 saturated carbocycles. The quantitative estimate of drug-likeness (QED) is 0.292. The number of nitrogens with one attached hydrogen (secondary N) is 2. The smallest absolute Gasteiger partial charge is 0.203 e. The van der Waals surface area contributed by atoms with E-state index in [1.54, 1.807) is 21.3 Å². The lowest BCUT2D eigenvalue weighted by Crippen LogP contribution is -2.38. The van der Waals surface area contributed by atoms with Gasteiger partial charge in [-0.1, -0.05) is 30.3 Å². The van der Waals surface area contributed by atoms with Crippen molar-refractivity contribution in [2.75, 3.05) is 34.4 Å². The second kappa shape index (κ2) is 11.9. The van der Waals surface area contributed by atoms with Crippen LogP contribution in [0.2, 0.25) is 0 Å². The lowest BCUT2D eigenvalue weighted by molar-refractivity contribution is 0.324. The van der Waals surface area contributed by atoms with Crippen LogP contribution in [0.25, 0.3) is 0 Å². The van der Waals surface area contributed by atoms with Gasteiger partial charge in [0.2, 0.25) is 5.75 Å². The van der Waals surface area contributed by atoms with E-state index in [0.29, 0.717) is 35.6 Å². The van der Waals surface area contributed by atoms with Crippen molar-refractivity contribution in [3.05, 3.63) is 53.6 Å². The van der Waals surface area contributed by atoms with Gasteiger partial charge in [0.05, 0.1) is 27.9 Å². The fourth-order valence-corrected chi connectivity index (χ4v) is 3.55. The zero-order chi connectivity index (χ0) is 20.6. The maximum Gasteiger partial charge on any atom is 0.203 e. The first kappa shape index (κ1) is 24.1. The molecule has 1 aliphatic carbocycles. The van der Waals surface area contributed by atoms with E-state index >= 15 is 0 Å². The Balaban J connectivity index is 0.00000320. The molecule has 1 fully saturated rings. The maximum atomic E-state index is 5.43. The number of hydrogen-bond donors (Lipinski definition) is 2. The van der Waals surface area contributed by atoms with E-state index < -0.39 is 0 Å². The molecule has 0 spiro atoms. The first-order valence-electron chi connectivity index (χ1n) is 10.1. The Labute approximate surface area is 196 Å². The van der Waals surface area contributed by atoms with Crippen molar-refractivity contribution in [2.45, 2.75) is 25.8 Å². The van der Waals surface area contributed by atoms with E-state index in [2.05, 4.69) is 47.9 Å². The molecule has 2 atom stereocenters. The summed E-state index contributed by atoms with van der Waals surface area (Å²) in [5.74, 6) is 4.00. The minimum Gasteiger partial charge on any atom is -0.493 e. The SMILES string of the molecule is CCNC(=NCc1cc(OC)c(OC)c(OC)c1)NCC1CC1c1ccccc1.I. The molecule has 0 bridgehead atoms. The third-order valence-corrected chi connectivity index (χ3v) is 5.17. The summed E-state index contributed by atoms with van der Waals surface area (Å²) in [5.41, 5.74) is 2.42. The minimum atomic E-state index is 0. The van der Waals surface area contributed by atoms with Crippen molar-refractivity contribution in [3.8, 4) is 17.2 Å². The number of aliphatic imine (C=N–C) groups is 1. The summed E-state index contributed by atoms with van der Waals surface area (Å²) in [7, 11) is 4.84. The molecule has 0 amide bonds. The van der Waals surface area contributed by atoms with Crippen LogP contribution in [0.15, 0.2) is 47.5 Å². The van der Waals surface area contributed by atoms with Crippen LogP contribution in [0.5, 0.6) is 17.2 Å². The normalized spacial score (nSPS) is 17.5. The molecular formula is C23H32IN3O3. The van der Waals surface area contributed by atoms with E-state index in [4.69, 9.17) is 19.2 Å². The highest BCUT2D eigenvalue weighted by Gasteiger charge is 2.37. The highest BCUT2D eigenvalue weighted by molar-refractivity contribution is 14.0. The third-order valence-electron chi connectivity index (χ3n) is 5.17. The van der Waals surface area contributed by atoms with Gasteiger partial charge in [0.1, 0.15) is 0 Å². The predicted molar refractivity (Wildman–Crippen MR) is 132 cm³/mol. The second-order valence-corrected chi connectivity index (χ2v) is 7.12. The Morgan fingerprint density at radius 1 is 1.00 bits per heavy atom. The fraction of sp³-hybridized carbons (Fsp3) is 0.435. The number of rotatable bonds is 9. The van der Waals surface area contributed by atoms with Gasteiger partial charge in [0.15, 0.2) is 17.5 Å². The summed E-state index contributed by atoms with van der Waals surface area (Å²) >= 11 is 0. The van der Waals surface area contributed by atoms with Gasteiger partial charge in [-0.3, -0.25) is 0 Å². The minimum absolute atomic E-state index is 0. The van der Waals surface area contributed by atoms with Crippen molar-refractivity contribution in [1.29, 1.82) is 0 Å². The first-order valence-corrected chi connectivity index (χ1v) is 10.1. The summed E-state index contributed by atoms with van der Waals surface area (Å²) in [6, 6.07) is 14.6. The number of benzene rings is 2. The van der Waals surface area contributed by atoms with Gasteiger partial charge < -0.3 is 24.8 Å². The molecule has 0 aliphatic heterocycles. The molecule has 164 valence electrons. The molecule has 0 saturated heterocycles. The van der Waals surface area contributed by atoms with E-state index in [0.717, 1.165) is 24.6 Å². The number of guanidine groups is 1. The van der Waals surface area contributed by atoms with Crippen LogP contribution >= 0.6 is 24.0 Å². The van der Waals surface area contributed by atoms with Gasteiger partial charge in [0.25, 0.3) is 0 Å². The molecule has 0 radical (unpaired) electrons. The van der Waals surface area contributed by atoms with Crippen LogP contribution in [0.4, 0.5) is 0 Å². The number of halogens is 1. The van der Waals surface area contributed by atoms with Crippen LogP contribution in [-0.2, 0) is 6.54 Å². The summed E-state index contributed by atoms with van der Waals surface area (Å²) in [5, 5.41) is 6.81. The van der Waals surface area contributed by atoms with Crippen molar-refractivity contribution >= 4 is 29.9 Å². The van der Waals surface area contributed by atoms with Crippen LogP contribution in [-0.4, -0.2) is 40.4 Å². The molecule has 2 aromatic rings. The molecule has 30 heavy (non-hydrogen) atoms. The predicted octanol–water partition coefficient (Wildman–Crippen LogP) is 4.19. The highest BCUT2D eigenvalue weighted by Crippen LogP contribution is 2.46. The van der Waals surface area contributed by atoms with E-state index in [1.807, 2.05) is 12.1 Å². The average Bonchev–Trinajstić information content (AvgIpc) is 3.55. The largest absolute Gasteiger partial charge is 0.493 e.